The molecule has 2 rings (SSSR count). The molecular weight excluding hydrogens is 218 g/mol. The Morgan fingerprint density at radius 3 is 2.35 bits per heavy atom. The zero-order valence-electron chi connectivity index (χ0n) is 9.41. The lowest BCUT2D eigenvalue weighted by Crippen LogP contribution is -1.85. The fourth-order valence-corrected chi connectivity index (χ4v) is 1.08. The molecule has 0 amide bonds. The number of rotatable bonds is 2. The van der Waals surface area contributed by atoms with E-state index in [0.29, 0.717) is 17.6 Å². The molecule has 0 spiro atoms. The topological polar surface area (TPSA) is 59.4 Å². The summed E-state index contributed by atoms with van der Waals surface area (Å²) >= 11 is 0. The predicted molar refractivity (Wildman–Crippen MR) is 64.3 cm³/mol. The number of benzene rings is 1. The minimum absolute atomic E-state index is 0.0399. The fourth-order valence-electron chi connectivity index (χ4n) is 1.08. The van der Waals surface area contributed by atoms with Crippen LogP contribution in [0.3, 0.4) is 0 Å². The lowest BCUT2D eigenvalue weighted by molar-refractivity contribution is 0.112. The van der Waals surface area contributed by atoms with Gasteiger partial charge >= 0.3 is 0 Å². The lowest BCUT2D eigenvalue weighted by atomic mass is 10.2. The molecule has 1 aromatic heterocycles. The molecule has 0 aliphatic heterocycles. The first-order valence-electron chi connectivity index (χ1n) is 4.95. The van der Waals surface area contributed by atoms with Gasteiger partial charge in [0.2, 0.25) is 0 Å². The summed E-state index contributed by atoms with van der Waals surface area (Å²) in [5, 5.41) is 9.09. The van der Waals surface area contributed by atoms with Crippen molar-refractivity contribution in [3.63, 3.8) is 0 Å². The molecule has 2 aromatic rings. The third-order valence-corrected chi connectivity index (χ3v) is 1.91. The van der Waals surface area contributed by atoms with Crippen LogP contribution >= 0.6 is 0 Å². The van der Waals surface area contributed by atoms with Crippen molar-refractivity contribution in [2.45, 2.75) is 0 Å². The van der Waals surface area contributed by atoms with Crippen molar-refractivity contribution >= 4 is 6.29 Å². The number of phenols is 1. The van der Waals surface area contributed by atoms with Gasteiger partial charge < -0.3 is 9.84 Å². The number of ether oxygens (including phenoxy) is 1. The maximum absolute atomic E-state index is 10.2. The Kier molecular flexibility index (Phi) is 5.24. The molecule has 0 saturated carbocycles. The second-order valence-electron chi connectivity index (χ2n) is 3.07. The number of aromatic nitrogens is 1. The number of nitrogens with zero attached hydrogens (tertiary/aromatic N) is 1. The van der Waals surface area contributed by atoms with Crippen LogP contribution in [0.5, 0.6) is 11.5 Å². The van der Waals surface area contributed by atoms with Gasteiger partial charge in [-0.15, -0.1) is 0 Å². The highest BCUT2D eigenvalue weighted by Gasteiger charge is 2.00. The van der Waals surface area contributed by atoms with Gasteiger partial charge in [-0.3, -0.25) is 9.78 Å². The van der Waals surface area contributed by atoms with Crippen LogP contribution in [0.15, 0.2) is 48.8 Å². The predicted octanol–water partition coefficient (Wildman–Crippen LogP) is 2.29. The third-order valence-electron chi connectivity index (χ3n) is 1.91. The zero-order valence-corrected chi connectivity index (χ0v) is 9.41. The number of hydrogen-bond acceptors (Lipinski definition) is 4. The van der Waals surface area contributed by atoms with Gasteiger partial charge in [0.05, 0.1) is 7.11 Å². The van der Waals surface area contributed by atoms with Crippen LogP contribution in [0.2, 0.25) is 0 Å². The standard InChI is InChI=1S/C8H8O3.C5H5N/c1-11-8-4-6(5-9)2-3-7(8)10;1-2-4-6-5-3-1/h2-5,10H,1H3;1-5H. The van der Waals surface area contributed by atoms with E-state index in [1.807, 2.05) is 18.2 Å². The smallest absolute Gasteiger partial charge is 0.161 e. The van der Waals surface area contributed by atoms with E-state index in [2.05, 4.69) is 4.98 Å². The second kappa shape index (κ2) is 7.00. The summed E-state index contributed by atoms with van der Waals surface area (Å²) in [4.78, 5) is 14.0. The molecule has 4 nitrogen and oxygen atoms in total. The molecule has 17 heavy (non-hydrogen) atoms. The molecule has 1 heterocycles. The van der Waals surface area contributed by atoms with Crippen molar-refractivity contribution in [2.75, 3.05) is 7.11 Å². The van der Waals surface area contributed by atoms with Gasteiger partial charge in [-0.05, 0) is 30.3 Å². The van der Waals surface area contributed by atoms with Gasteiger partial charge in [0, 0.05) is 18.0 Å². The first-order valence-corrected chi connectivity index (χ1v) is 4.95. The van der Waals surface area contributed by atoms with E-state index in [1.54, 1.807) is 12.4 Å². The molecule has 0 saturated heterocycles. The Hall–Kier alpha value is -2.36. The Labute approximate surface area is 99.5 Å². The molecule has 0 bridgehead atoms. The number of carbonyl (C=O) groups excluding carboxylic acids is 1. The summed E-state index contributed by atoms with van der Waals surface area (Å²) in [5.41, 5.74) is 0.486. The number of methoxy groups -OCH3 is 1. The number of phenolic OH excluding ortho intramolecular Hbond substituents is 1. The van der Waals surface area contributed by atoms with E-state index >= 15 is 0 Å². The van der Waals surface area contributed by atoms with Crippen LogP contribution in [-0.4, -0.2) is 23.5 Å². The first-order chi connectivity index (χ1) is 8.27. The fraction of sp³-hybridized carbons (Fsp3) is 0.0769. The van der Waals surface area contributed by atoms with Crippen molar-refractivity contribution in [3.8, 4) is 11.5 Å². The minimum atomic E-state index is 0.0399. The highest BCUT2D eigenvalue weighted by atomic mass is 16.5. The van der Waals surface area contributed by atoms with E-state index in [1.165, 1.54) is 25.3 Å². The Morgan fingerprint density at radius 2 is 1.94 bits per heavy atom. The normalized spacial score (nSPS) is 8.76. The molecule has 0 radical (unpaired) electrons. The van der Waals surface area contributed by atoms with Gasteiger partial charge in [0.1, 0.15) is 6.29 Å². The summed E-state index contributed by atoms with van der Waals surface area (Å²) in [6, 6.07) is 10.1. The van der Waals surface area contributed by atoms with Gasteiger partial charge in [0.15, 0.2) is 11.5 Å². The zero-order chi connectivity index (χ0) is 12.5. The van der Waals surface area contributed by atoms with Gasteiger partial charge in [-0.25, -0.2) is 0 Å². The highest BCUT2D eigenvalue weighted by Crippen LogP contribution is 2.25. The Balaban J connectivity index is 0.000000202. The molecule has 0 aliphatic carbocycles. The molecule has 1 N–H and O–H groups in total. The molecule has 4 heteroatoms. The monoisotopic (exact) mass is 231 g/mol. The maximum Gasteiger partial charge on any atom is 0.161 e. The number of pyridine rings is 1. The summed E-state index contributed by atoms with van der Waals surface area (Å²) < 4.78 is 4.78. The average Bonchev–Trinajstić information content (AvgIpc) is 2.42. The third kappa shape index (κ3) is 4.34. The van der Waals surface area contributed by atoms with E-state index in [-0.39, 0.29) is 5.75 Å². The van der Waals surface area contributed by atoms with Crippen LogP contribution < -0.4 is 4.74 Å². The first kappa shape index (κ1) is 12.7. The van der Waals surface area contributed by atoms with E-state index in [9.17, 15) is 4.79 Å². The molecule has 0 atom stereocenters. The number of hydrogen-bond donors (Lipinski definition) is 1. The van der Waals surface area contributed by atoms with Crippen molar-refractivity contribution in [2.24, 2.45) is 0 Å². The number of aldehydes is 1. The number of aromatic hydroxyl groups is 1. The molecule has 0 aliphatic rings. The van der Waals surface area contributed by atoms with E-state index in [4.69, 9.17) is 9.84 Å². The van der Waals surface area contributed by atoms with Crippen LogP contribution in [0.4, 0.5) is 0 Å². The molecule has 88 valence electrons. The largest absolute Gasteiger partial charge is 0.504 e. The summed E-state index contributed by atoms with van der Waals surface area (Å²) in [7, 11) is 1.43. The van der Waals surface area contributed by atoms with Crippen molar-refractivity contribution < 1.29 is 14.6 Å². The van der Waals surface area contributed by atoms with Crippen LogP contribution in [0.25, 0.3) is 0 Å². The van der Waals surface area contributed by atoms with Crippen LogP contribution in [0.1, 0.15) is 10.4 Å². The van der Waals surface area contributed by atoms with Crippen molar-refractivity contribution in [1.29, 1.82) is 0 Å². The molecule has 1 aromatic carbocycles. The summed E-state index contributed by atoms with van der Waals surface area (Å²) in [6.07, 6.45) is 4.20. The van der Waals surface area contributed by atoms with Crippen molar-refractivity contribution in [3.05, 3.63) is 54.4 Å². The molecule has 0 unspecified atom stereocenters. The maximum atomic E-state index is 10.2. The molecule has 0 fully saturated rings. The Bertz CT molecular complexity index is 431. The van der Waals surface area contributed by atoms with Gasteiger partial charge in [0.25, 0.3) is 0 Å². The van der Waals surface area contributed by atoms with Crippen LogP contribution in [-0.2, 0) is 0 Å². The Morgan fingerprint density at radius 1 is 1.24 bits per heavy atom. The quantitative estimate of drug-likeness (QED) is 0.805. The molecular formula is C13H13NO3. The summed E-state index contributed by atoms with van der Waals surface area (Å²) in [5.74, 6) is 0.354. The van der Waals surface area contributed by atoms with Gasteiger partial charge in [-0.2, -0.15) is 0 Å². The highest BCUT2D eigenvalue weighted by molar-refractivity contribution is 5.76. The second-order valence-corrected chi connectivity index (χ2v) is 3.07. The van der Waals surface area contributed by atoms with Gasteiger partial charge in [-0.1, -0.05) is 6.07 Å². The number of carbonyl (C=O) groups is 1. The van der Waals surface area contributed by atoms with E-state index < -0.39 is 0 Å². The summed E-state index contributed by atoms with van der Waals surface area (Å²) in [6.45, 7) is 0. The van der Waals surface area contributed by atoms with Crippen LogP contribution in [0, 0.1) is 0 Å². The van der Waals surface area contributed by atoms with Crippen molar-refractivity contribution in [1.82, 2.24) is 4.98 Å². The lowest BCUT2D eigenvalue weighted by Gasteiger charge is -2.01. The SMILES string of the molecule is COc1cc(C=O)ccc1O.c1ccncc1. The average molecular weight is 231 g/mol. The minimum Gasteiger partial charge on any atom is -0.504 e. The van der Waals surface area contributed by atoms with E-state index in [0.717, 1.165) is 0 Å².